The Balaban J connectivity index is 2.36. The van der Waals surface area contributed by atoms with Gasteiger partial charge in [0.1, 0.15) is 0 Å². The summed E-state index contributed by atoms with van der Waals surface area (Å²) in [5, 5.41) is 5.10. The van der Waals surface area contributed by atoms with Crippen LogP contribution in [-0.2, 0) is 10.0 Å². The van der Waals surface area contributed by atoms with Crippen LogP contribution in [-0.4, -0.2) is 31.4 Å². The second-order valence-corrected chi connectivity index (χ2v) is 13.7. The first-order valence-electron chi connectivity index (χ1n) is 6.37. The monoisotopic (exact) mass is 296 g/mol. The second kappa shape index (κ2) is 4.75. The van der Waals surface area contributed by atoms with E-state index in [-0.39, 0.29) is 5.75 Å². The second-order valence-electron chi connectivity index (χ2n) is 6.14. The van der Waals surface area contributed by atoms with E-state index in [0.717, 1.165) is 26.6 Å². The third-order valence-corrected chi connectivity index (χ3v) is 6.70. The Morgan fingerprint density at radius 1 is 1.26 bits per heavy atom. The van der Waals surface area contributed by atoms with Crippen molar-refractivity contribution < 1.29 is 8.42 Å². The molecule has 6 heteroatoms. The molecular formula is C13H20N2O2SSi. The van der Waals surface area contributed by atoms with E-state index in [1.165, 1.54) is 0 Å². The van der Waals surface area contributed by atoms with Crippen LogP contribution in [0.4, 0.5) is 0 Å². The Kier molecular flexibility index (Phi) is 3.57. The van der Waals surface area contributed by atoms with Gasteiger partial charge in [-0.2, -0.15) is 9.19 Å². The van der Waals surface area contributed by atoms with Gasteiger partial charge in [-0.05, 0) is 18.5 Å². The number of fused-ring (bicyclic) bond motifs is 1. The van der Waals surface area contributed by atoms with Crippen molar-refractivity contribution in [1.29, 1.82) is 0 Å². The minimum Gasteiger partial charge on any atom is -0.205 e. The van der Waals surface area contributed by atoms with Crippen LogP contribution in [0.3, 0.4) is 0 Å². The highest BCUT2D eigenvalue weighted by molar-refractivity contribution is 7.89. The predicted molar refractivity (Wildman–Crippen MR) is 81.8 cm³/mol. The van der Waals surface area contributed by atoms with E-state index in [1.54, 1.807) is 6.20 Å². The van der Waals surface area contributed by atoms with Crippen molar-refractivity contribution in [3.05, 3.63) is 30.0 Å². The van der Waals surface area contributed by atoms with Crippen molar-refractivity contribution >= 4 is 29.0 Å². The van der Waals surface area contributed by atoms with Gasteiger partial charge in [0.2, 0.25) is 0 Å². The largest absolute Gasteiger partial charge is 0.253 e. The molecule has 0 aliphatic carbocycles. The van der Waals surface area contributed by atoms with Crippen LogP contribution in [0.2, 0.25) is 25.7 Å². The van der Waals surface area contributed by atoms with Gasteiger partial charge in [-0.15, -0.1) is 0 Å². The van der Waals surface area contributed by atoms with E-state index in [9.17, 15) is 8.42 Å². The van der Waals surface area contributed by atoms with Crippen molar-refractivity contribution in [3.63, 3.8) is 0 Å². The van der Waals surface area contributed by atoms with Crippen LogP contribution in [0.25, 0.3) is 10.9 Å². The SMILES string of the molecule is Cc1cccc2cn(S(=O)(=O)CC[Si](C)(C)C)nc12. The number of benzene rings is 1. The Morgan fingerprint density at radius 3 is 2.53 bits per heavy atom. The maximum atomic E-state index is 12.3. The maximum Gasteiger partial charge on any atom is 0.253 e. The molecule has 104 valence electrons. The van der Waals surface area contributed by atoms with Crippen LogP contribution < -0.4 is 0 Å². The lowest BCUT2D eigenvalue weighted by Crippen LogP contribution is -2.26. The number of aryl methyl sites for hydroxylation is 1. The van der Waals surface area contributed by atoms with Gasteiger partial charge in [-0.3, -0.25) is 0 Å². The molecule has 1 heterocycles. The molecule has 0 spiro atoms. The van der Waals surface area contributed by atoms with Crippen molar-refractivity contribution in [2.45, 2.75) is 32.6 Å². The summed E-state index contributed by atoms with van der Waals surface area (Å²) >= 11 is 0. The molecule has 0 radical (unpaired) electrons. The molecule has 2 aromatic rings. The summed E-state index contributed by atoms with van der Waals surface area (Å²) in [6, 6.07) is 6.50. The molecule has 19 heavy (non-hydrogen) atoms. The average molecular weight is 296 g/mol. The quantitative estimate of drug-likeness (QED) is 0.815. The average Bonchev–Trinajstić information content (AvgIpc) is 2.72. The first-order valence-corrected chi connectivity index (χ1v) is 11.7. The molecule has 0 aliphatic heterocycles. The number of aromatic nitrogens is 2. The summed E-state index contributed by atoms with van der Waals surface area (Å²) in [6.45, 7) is 8.46. The molecule has 0 saturated heterocycles. The zero-order valence-electron chi connectivity index (χ0n) is 11.8. The minimum absolute atomic E-state index is 0.176. The Labute approximate surface area is 115 Å². The lowest BCUT2D eigenvalue weighted by atomic mass is 10.2. The first kappa shape index (κ1) is 14.3. The van der Waals surface area contributed by atoms with E-state index in [0.29, 0.717) is 0 Å². The standard InChI is InChI=1S/C13H20N2O2SSi/c1-11-6-5-7-12-10-15(14-13(11)12)18(16,17)8-9-19(2,3)4/h5-7,10H,8-9H2,1-4H3. The highest BCUT2D eigenvalue weighted by Gasteiger charge is 2.21. The molecule has 4 nitrogen and oxygen atoms in total. The zero-order chi connectivity index (χ0) is 14.3. The molecule has 0 bridgehead atoms. The summed E-state index contributed by atoms with van der Waals surface area (Å²) in [5.74, 6) is 0.176. The van der Waals surface area contributed by atoms with E-state index < -0.39 is 18.1 Å². The van der Waals surface area contributed by atoms with Crippen molar-refractivity contribution in [3.8, 4) is 0 Å². The van der Waals surface area contributed by atoms with E-state index in [1.807, 2.05) is 25.1 Å². The highest BCUT2D eigenvalue weighted by atomic mass is 32.2. The van der Waals surface area contributed by atoms with Crippen LogP contribution in [0, 0.1) is 6.92 Å². The molecule has 0 aliphatic rings. The van der Waals surface area contributed by atoms with Crippen LogP contribution in [0.5, 0.6) is 0 Å². The van der Waals surface area contributed by atoms with E-state index in [2.05, 4.69) is 24.7 Å². The topological polar surface area (TPSA) is 52.0 Å². The maximum absolute atomic E-state index is 12.3. The molecule has 0 N–H and O–H groups in total. The van der Waals surface area contributed by atoms with Crippen LogP contribution in [0.15, 0.2) is 24.4 Å². The van der Waals surface area contributed by atoms with Crippen LogP contribution >= 0.6 is 0 Å². The number of hydrogen-bond acceptors (Lipinski definition) is 3. The third-order valence-electron chi connectivity index (χ3n) is 3.11. The Bertz CT molecular complexity index is 699. The third kappa shape index (κ3) is 3.25. The van der Waals surface area contributed by atoms with Crippen molar-refractivity contribution in [2.75, 3.05) is 5.75 Å². The van der Waals surface area contributed by atoms with Gasteiger partial charge in [0.05, 0.1) is 17.5 Å². The molecule has 2 rings (SSSR count). The summed E-state index contributed by atoms with van der Waals surface area (Å²) in [6.07, 6.45) is 1.61. The van der Waals surface area contributed by atoms with Gasteiger partial charge < -0.3 is 0 Å². The van der Waals surface area contributed by atoms with Crippen LogP contribution in [0.1, 0.15) is 5.56 Å². The van der Waals surface area contributed by atoms with Crippen molar-refractivity contribution in [2.24, 2.45) is 0 Å². The summed E-state index contributed by atoms with van der Waals surface area (Å²) in [7, 11) is -4.70. The normalized spacial score (nSPS) is 13.1. The molecule has 0 atom stereocenters. The number of nitrogens with zero attached hydrogens (tertiary/aromatic N) is 2. The molecule has 0 saturated carbocycles. The predicted octanol–water partition coefficient (Wildman–Crippen LogP) is 2.86. The van der Waals surface area contributed by atoms with Gasteiger partial charge in [-0.1, -0.05) is 37.8 Å². The van der Waals surface area contributed by atoms with E-state index >= 15 is 0 Å². The molecule has 1 aromatic heterocycles. The zero-order valence-corrected chi connectivity index (χ0v) is 13.7. The lowest BCUT2D eigenvalue weighted by molar-refractivity contribution is 0.581. The van der Waals surface area contributed by atoms with Gasteiger partial charge >= 0.3 is 0 Å². The lowest BCUT2D eigenvalue weighted by Gasteiger charge is -2.15. The summed E-state index contributed by atoms with van der Waals surface area (Å²) in [5.41, 5.74) is 1.76. The number of hydrogen-bond donors (Lipinski definition) is 0. The number of rotatable bonds is 4. The molecule has 0 fully saturated rings. The fraction of sp³-hybridized carbons (Fsp3) is 0.462. The fourth-order valence-electron chi connectivity index (χ4n) is 1.84. The summed E-state index contributed by atoms with van der Waals surface area (Å²) in [4.78, 5) is 0. The Hall–Kier alpha value is -1.14. The smallest absolute Gasteiger partial charge is 0.205 e. The fourth-order valence-corrected chi connectivity index (χ4v) is 5.99. The highest BCUT2D eigenvalue weighted by Crippen LogP contribution is 2.18. The minimum atomic E-state index is -3.33. The van der Waals surface area contributed by atoms with E-state index in [4.69, 9.17) is 0 Å². The van der Waals surface area contributed by atoms with Gasteiger partial charge in [0.15, 0.2) is 0 Å². The van der Waals surface area contributed by atoms with Crippen molar-refractivity contribution in [1.82, 2.24) is 9.19 Å². The van der Waals surface area contributed by atoms with Gasteiger partial charge in [-0.25, -0.2) is 8.42 Å². The molecule has 0 unspecified atom stereocenters. The molecular weight excluding hydrogens is 276 g/mol. The molecule has 0 amide bonds. The Morgan fingerprint density at radius 2 is 1.95 bits per heavy atom. The van der Waals surface area contributed by atoms with Gasteiger partial charge in [0.25, 0.3) is 10.0 Å². The molecule has 1 aromatic carbocycles. The van der Waals surface area contributed by atoms with Gasteiger partial charge in [0, 0.05) is 13.5 Å². The first-order chi connectivity index (χ1) is 8.69. The summed E-state index contributed by atoms with van der Waals surface area (Å²) < 4.78 is 25.7.